The molecule has 2 N–H and O–H groups in total. The fourth-order valence-electron chi connectivity index (χ4n) is 6.10. The lowest BCUT2D eigenvalue weighted by Gasteiger charge is -2.29. The maximum atomic E-state index is 12.5. The van der Waals surface area contributed by atoms with Crippen molar-refractivity contribution in [3.8, 4) is 11.4 Å². The summed E-state index contributed by atoms with van der Waals surface area (Å²) in [5.41, 5.74) is 7.90. The molecule has 2 atom stereocenters. The quantitative estimate of drug-likeness (QED) is 0.197. The molecule has 1 aliphatic heterocycles. The second kappa shape index (κ2) is 13.5. The van der Waals surface area contributed by atoms with E-state index in [2.05, 4.69) is 83.0 Å². The zero-order valence-corrected chi connectivity index (χ0v) is 26.9. The molecule has 230 valence electrons. The Morgan fingerprint density at radius 2 is 1.75 bits per heavy atom. The van der Waals surface area contributed by atoms with Crippen molar-refractivity contribution in [3.05, 3.63) is 95.6 Å². The number of hydrogen-bond donors (Lipinski definition) is 2. The van der Waals surface area contributed by atoms with Crippen LogP contribution in [0.4, 0.5) is 17.1 Å². The Labute approximate surface area is 264 Å². The van der Waals surface area contributed by atoms with E-state index in [9.17, 15) is 4.79 Å². The summed E-state index contributed by atoms with van der Waals surface area (Å²) in [7, 11) is 3.06. The van der Waals surface area contributed by atoms with Gasteiger partial charge in [-0.25, -0.2) is 0 Å². The summed E-state index contributed by atoms with van der Waals surface area (Å²) >= 11 is 5.99. The van der Waals surface area contributed by atoms with E-state index in [4.69, 9.17) is 26.7 Å². The molecule has 1 amide bonds. The summed E-state index contributed by atoms with van der Waals surface area (Å²) in [4.78, 5) is 21.6. The van der Waals surface area contributed by atoms with Gasteiger partial charge in [0.2, 0.25) is 5.91 Å². The van der Waals surface area contributed by atoms with Crippen molar-refractivity contribution >= 4 is 40.3 Å². The molecule has 2 aromatic carbocycles. The second-order valence-corrected chi connectivity index (χ2v) is 11.1. The zero-order chi connectivity index (χ0) is 31.4. The first-order valence-corrected chi connectivity index (χ1v) is 15.2. The fourth-order valence-corrected chi connectivity index (χ4v) is 6.44. The van der Waals surface area contributed by atoms with E-state index in [1.807, 2.05) is 36.4 Å². The molecule has 0 unspecified atom stereocenters. The third kappa shape index (κ3) is 6.00. The van der Waals surface area contributed by atoms with Crippen molar-refractivity contribution in [1.82, 2.24) is 14.9 Å². The Kier molecular flexibility index (Phi) is 9.51. The lowest BCUT2D eigenvalue weighted by molar-refractivity contribution is -0.119. The van der Waals surface area contributed by atoms with Crippen molar-refractivity contribution in [1.29, 1.82) is 0 Å². The van der Waals surface area contributed by atoms with Crippen molar-refractivity contribution in [3.63, 3.8) is 0 Å². The van der Waals surface area contributed by atoms with Gasteiger partial charge in [-0.3, -0.25) is 9.78 Å². The molecule has 1 aliphatic rings. The van der Waals surface area contributed by atoms with Gasteiger partial charge >= 0.3 is 0 Å². The highest BCUT2D eigenvalue weighted by Crippen LogP contribution is 2.45. The van der Waals surface area contributed by atoms with E-state index in [1.165, 1.54) is 12.8 Å². The minimum Gasteiger partial charge on any atom is -0.495 e. The average molecular weight is 613 g/mol. The number of aryl methyl sites for hydroxylation is 1. The minimum absolute atomic E-state index is 0.0661. The number of nitrogens with one attached hydrogen (secondary N) is 2. The number of ether oxygens (including phenoxy) is 2. The topological polar surface area (TPSA) is 83.9 Å². The van der Waals surface area contributed by atoms with Crippen molar-refractivity contribution in [2.75, 3.05) is 49.0 Å². The first-order valence-electron chi connectivity index (χ1n) is 14.8. The Morgan fingerprint density at radius 3 is 2.39 bits per heavy atom. The van der Waals surface area contributed by atoms with E-state index in [0.29, 0.717) is 16.5 Å². The number of thiocarbonyl (C=S) groups is 1. The fraction of sp³-hybridized carbons (Fsp3) is 0.324. The number of carbonyl (C=O) groups is 1. The molecule has 44 heavy (non-hydrogen) atoms. The van der Waals surface area contributed by atoms with Crippen LogP contribution >= 0.6 is 12.2 Å². The molecule has 1 saturated heterocycles. The van der Waals surface area contributed by atoms with Crippen LogP contribution in [-0.4, -0.2) is 54.5 Å². The zero-order valence-electron chi connectivity index (χ0n) is 26.1. The smallest absolute Gasteiger partial charge is 0.250 e. The number of hydrogen-bond acceptors (Lipinski definition) is 6. The van der Waals surface area contributed by atoms with Crippen LogP contribution in [0.2, 0.25) is 0 Å². The number of rotatable bonds is 11. The summed E-state index contributed by atoms with van der Waals surface area (Å²) in [6.07, 6.45) is 1.80. The normalized spacial score (nSPS) is 16.1. The molecule has 0 spiro atoms. The van der Waals surface area contributed by atoms with Crippen LogP contribution in [0.5, 0.6) is 5.75 Å². The predicted molar refractivity (Wildman–Crippen MR) is 180 cm³/mol. The van der Waals surface area contributed by atoms with E-state index < -0.39 is 0 Å². The van der Waals surface area contributed by atoms with Crippen molar-refractivity contribution in [2.45, 2.75) is 39.8 Å². The summed E-state index contributed by atoms with van der Waals surface area (Å²) in [5, 5.41) is 7.02. The lowest BCUT2D eigenvalue weighted by Crippen LogP contribution is -2.29. The van der Waals surface area contributed by atoms with Crippen LogP contribution < -0.4 is 25.2 Å². The minimum atomic E-state index is -0.274. The monoisotopic (exact) mass is 612 g/mol. The molecular weight excluding hydrogens is 572 g/mol. The number of aromatic nitrogens is 2. The Morgan fingerprint density at radius 1 is 1.02 bits per heavy atom. The molecule has 0 radical (unpaired) electrons. The largest absolute Gasteiger partial charge is 0.495 e. The molecule has 0 saturated carbocycles. The number of amides is 1. The third-order valence-corrected chi connectivity index (χ3v) is 8.45. The number of anilines is 3. The van der Waals surface area contributed by atoms with Gasteiger partial charge in [0, 0.05) is 54.8 Å². The molecule has 9 nitrogen and oxygen atoms in total. The van der Waals surface area contributed by atoms with Gasteiger partial charge in [-0.2, -0.15) is 0 Å². The van der Waals surface area contributed by atoms with Crippen LogP contribution in [0.3, 0.4) is 0 Å². The Hall–Kier alpha value is -4.41. The van der Waals surface area contributed by atoms with Crippen molar-refractivity contribution < 1.29 is 14.3 Å². The molecule has 2 aromatic heterocycles. The van der Waals surface area contributed by atoms with Gasteiger partial charge in [-0.15, -0.1) is 0 Å². The Balaban J connectivity index is 1.61. The molecule has 0 aliphatic carbocycles. The summed E-state index contributed by atoms with van der Waals surface area (Å²) in [5.74, 6) is 0.268. The molecule has 10 heteroatoms. The maximum absolute atomic E-state index is 12.5. The first-order chi connectivity index (χ1) is 21.3. The highest BCUT2D eigenvalue weighted by Gasteiger charge is 2.42. The van der Waals surface area contributed by atoms with Crippen LogP contribution in [0.1, 0.15) is 48.6 Å². The van der Waals surface area contributed by atoms with Gasteiger partial charge in [0.1, 0.15) is 12.4 Å². The van der Waals surface area contributed by atoms with Crippen LogP contribution in [0.25, 0.3) is 5.69 Å². The predicted octanol–water partition coefficient (Wildman–Crippen LogP) is 6.11. The van der Waals surface area contributed by atoms with Gasteiger partial charge in [0.25, 0.3) is 0 Å². The number of nitrogens with zero attached hydrogens (tertiary/aromatic N) is 4. The number of carbonyl (C=O) groups excluding carboxylic acids is 1. The summed E-state index contributed by atoms with van der Waals surface area (Å²) in [6.45, 7) is 10.5. The van der Waals surface area contributed by atoms with Crippen molar-refractivity contribution in [2.24, 2.45) is 0 Å². The lowest BCUT2D eigenvalue weighted by atomic mass is 9.96. The standard InChI is InChI=1S/C34H40N6O3S/c1-7-38(8-2)24-12-14-25(15-13-24)39-22(3)19-27(23(39)4)33-32(28-11-9-10-18-35-28)37-34(44)40(33)26-16-17-30(43-6)29(20-26)36-31(41)21-42-5/h9-20,32-33H,7-8,21H2,1-6H3,(H,36,41)(H,37,44)/t32-,33+/m0/s1. The van der Waals surface area contributed by atoms with Crippen LogP contribution in [0.15, 0.2) is 72.9 Å². The van der Waals surface area contributed by atoms with E-state index in [0.717, 1.165) is 47.1 Å². The molecule has 0 bridgehead atoms. The van der Waals surface area contributed by atoms with Gasteiger partial charge in [-0.1, -0.05) is 6.07 Å². The third-order valence-electron chi connectivity index (χ3n) is 8.13. The van der Waals surface area contributed by atoms with Gasteiger partial charge in [0.15, 0.2) is 5.11 Å². The first kappa shape index (κ1) is 31.0. The second-order valence-electron chi connectivity index (χ2n) is 10.7. The molecule has 5 rings (SSSR count). The van der Waals surface area contributed by atoms with E-state index in [-0.39, 0.29) is 24.6 Å². The Bertz CT molecular complexity index is 1620. The molecular formula is C34H40N6O3S. The SMILES string of the molecule is CCN(CC)c1ccc(-n2c(C)cc([C@@H]3[C@H](c4ccccn4)NC(=S)N3c3ccc(OC)c(NC(=O)COC)c3)c2C)cc1. The van der Waals surface area contributed by atoms with Gasteiger partial charge < -0.3 is 34.5 Å². The van der Waals surface area contributed by atoms with E-state index >= 15 is 0 Å². The number of methoxy groups -OCH3 is 2. The molecule has 1 fully saturated rings. The van der Waals surface area contributed by atoms with Crippen LogP contribution in [-0.2, 0) is 9.53 Å². The van der Waals surface area contributed by atoms with Crippen LogP contribution in [0, 0.1) is 13.8 Å². The molecule has 4 aromatic rings. The maximum Gasteiger partial charge on any atom is 0.250 e. The average Bonchev–Trinajstić information content (AvgIpc) is 3.53. The number of pyridine rings is 1. The van der Waals surface area contributed by atoms with E-state index in [1.54, 1.807) is 13.3 Å². The molecule has 3 heterocycles. The summed E-state index contributed by atoms with van der Waals surface area (Å²) < 4.78 is 12.9. The number of benzene rings is 2. The van der Waals surface area contributed by atoms with Gasteiger partial charge in [-0.05, 0) is 106 Å². The highest BCUT2D eigenvalue weighted by atomic mass is 32.1. The van der Waals surface area contributed by atoms with Gasteiger partial charge in [0.05, 0.1) is 30.6 Å². The highest BCUT2D eigenvalue weighted by molar-refractivity contribution is 7.80. The summed E-state index contributed by atoms with van der Waals surface area (Å²) in [6, 6.07) is 22.2.